The summed E-state index contributed by atoms with van der Waals surface area (Å²) in [4.78, 5) is 7.34. The van der Waals surface area contributed by atoms with Gasteiger partial charge < -0.3 is 4.98 Å². The Balaban J connectivity index is 1.73. The first-order valence-electron chi connectivity index (χ1n) is 8.24. The van der Waals surface area contributed by atoms with E-state index in [0.717, 1.165) is 36.1 Å². The van der Waals surface area contributed by atoms with E-state index in [9.17, 15) is 4.39 Å². The number of nitrogens with one attached hydrogen (secondary N) is 1. The SMILES string of the molecule is Cc1ccccc1CCCC=C(c1ccc(F)cc1)c1c[nH]cn1. The molecule has 122 valence electrons. The Morgan fingerprint density at radius 2 is 1.92 bits per heavy atom. The summed E-state index contributed by atoms with van der Waals surface area (Å²) in [5.74, 6) is -0.223. The molecular formula is C21H21FN2. The largest absolute Gasteiger partial charge is 0.351 e. The van der Waals surface area contributed by atoms with Gasteiger partial charge in [0.1, 0.15) is 5.82 Å². The van der Waals surface area contributed by atoms with Gasteiger partial charge in [-0.2, -0.15) is 0 Å². The third-order valence-corrected chi connectivity index (χ3v) is 4.19. The molecule has 3 rings (SSSR count). The van der Waals surface area contributed by atoms with Crippen molar-refractivity contribution in [3.8, 4) is 0 Å². The lowest BCUT2D eigenvalue weighted by atomic mass is 9.99. The molecule has 2 aromatic carbocycles. The van der Waals surface area contributed by atoms with E-state index >= 15 is 0 Å². The van der Waals surface area contributed by atoms with Crippen LogP contribution in [0.3, 0.4) is 0 Å². The van der Waals surface area contributed by atoms with E-state index in [1.807, 2.05) is 6.20 Å². The third kappa shape index (κ3) is 3.99. The van der Waals surface area contributed by atoms with Gasteiger partial charge >= 0.3 is 0 Å². The second kappa shape index (κ2) is 7.73. The highest BCUT2D eigenvalue weighted by molar-refractivity contribution is 5.77. The molecule has 0 aliphatic carbocycles. The standard InChI is InChI=1S/C21H21FN2/c1-16-6-2-3-7-17(16)8-4-5-9-20(21-14-23-15-24-21)18-10-12-19(22)13-11-18/h2-3,6-7,9-15H,4-5,8H2,1H3,(H,23,24). The van der Waals surface area contributed by atoms with Crippen LogP contribution in [-0.4, -0.2) is 9.97 Å². The Hall–Kier alpha value is -2.68. The van der Waals surface area contributed by atoms with Crippen LogP contribution >= 0.6 is 0 Å². The van der Waals surface area contributed by atoms with E-state index in [-0.39, 0.29) is 5.82 Å². The van der Waals surface area contributed by atoms with Gasteiger partial charge in [0.25, 0.3) is 0 Å². The Bertz CT molecular complexity index is 802. The minimum absolute atomic E-state index is 0.223. The van der Waals surface area contributed by atoms with Crippen LogP contribution in [0.1, 0.15) is 35.2 Å². The van der Waals surface area contributed by atoms with E-state index < -0.39 is 0 Å². The molecule has 0 aliphatic heterocycles. The van der Waals surface area contributed by atoms with Gasteiger partial charge in [-0.3, -0.25) is 0 Å². The van der Waals surface area contributed by atoms with Crippen LogP contribution < -0.4 is 0 Å². The van der Waals surface area contributed by atoms with E-state index in [1.54, 1.807) is 18.5 Å². The molecule has 1 heterocycles. The van der Waals surface area contributed by atoms with Gasteiger partial charge in [-0.15, -0.1) is 0 Å². The van der Waals surface area contributed by atoms with Gasteiger partial charge in [-0.05, 0) is 55.0 Å². The predicted molar refractivity (Wildman–Crippen MR) is 96.2 cm³/mol. The average Bonchev–Trinajstić information content (AvgIpc) is 3.12. The number of halogens is 1. The minimum atomic E-state index is -0.223. The molecule has 0 unspecified atom stereocenters. The van der Waals surface area contributed by atoms with Gasteiger partial charge in [0.2, 0.25) is 0 Å². The Labute approximate surface area is 142 Å². The molecule has 0 atom stereocenters. The number of aromatic nitrogens is 2. The topological polar surface area (TPSA) is 28.7 Å². The van der Waals surface area contributed by atoms with Crippen LogP contribution in [0.5, 0.6) is 0 Å². The molecule has 3 aromatic rings. The van der Waals surface area contributed by atoms with Gasteiger partial charge in [0.05, 0.1) is 12.0 Å². The summed E-state index contributed by atoms with van der Waals surface area (Å²) in [5.41, 5.74) is 5.65. The highest BCUT2D eigenvalue weighted by Gasteiger charge is 2.07. The molecule has 0 saturated heterocycles. The number of aromatic amines is 1. The van der Waals surface area contributed by atoms with Crippen molar-refractivity contribution in [1.82, 2.24) is 9.97 Å². The Kier molecular flexibility index (Phi) is 5.22. The van der Waals surface area contributed by atoms with Crippen molar-refractivity contribution < 1.29 is 4.39 Å². The molecule has 0 amide bonds. The van der Waals surface area contributed by atoms with Crippen molar-refractivity contribution in [2.24, 2.45) is 0 Å². The molecule has 0 radical (unpaired) electrons. The minimum Gasteiger partial charge on any atom is -0.351 e. The molecule has 0 saturated carbocycles. The Morgan fingerprint density at radius 3 is 2.62 bits per heavy atom. The lowest BCUT2D eigenvalue weighted by Gasteiger charge is -2.07. The molecule has 1 aromatic heterocycles. The van der Waals surface area contributed by atoms with Gasteiger partial charge in [0.15, 0.2) is 0 Å². The fourth-order valence-electron chi connectivity index (χ4n) is 2.84. The summed E-state index contributed by atoms with van der Waals surface area (Å²) in [7, 11) is 0. The molecule has 2 nitrogen and oxygen atoms in total. The summed E-state index contributed by atoms with van der Waals surface area (Å²) in [6, 6.07) is 15.1. The summed E-state index contributed by atoms with van der Waals surface area (Å²) >= 11 is 0. The van der Waals surface area contributed by atoms with E-state index in [1.165, 1.54) is 23.3 Å². The zero-order valence-electron chi connectivity index (χ0n) is 13.8. The maximum Gasteiger partial charge on any atom is 0.123 e. The second-order valence-electron chi connectivity index (χ2n) is 5.90. The third-order valence-electron chi connectivity index (χ3n) is 4.19. The maximum absolute atomic E-state index is 13.2. The number of aryl methyl sites for hydroxylation is 2. The summed E-state index contributed by atoms with van der Waals surface area (Å²) in [6.07, 6.45) is 8.81. The summed E-state index contributed by atoms with van der Waals surface area (Å²) in [5, 5.41) is 0. The lowest BCUT2D eigenvalue weighted by Crippen LogP contribution is -1.91. The number of hydrogen-bond acceptors (Lipinski definition) is 1. The van der Waals surface area contributed by atoms with Crippen LogP contribution in [0, 0.1) is 12.7 Å². The van der Waals surface area contributed by atoms with Crippen LogP contribution in [-0.2, 0) is 6.42 Å². The van der Waals surface area contributed by atoms with Crippen molar-refractivity contribution in [1.29, 1.82) is 0 Å². The van der Waals surface area contributed by atoms with Gasteiger partial charge in [-0.1, -0.05) is 42.5 Å². The number of allylic oxidation sites excluding steroid dienone is 1. The van der Waals surface area contributed by atoms with Crippen molar-refractivity contribution in [3.05, 3.63) is 95.3 Å². The normalized spacial score (nSPS) is 11.7. The predicted octanol–water partition coefficient (Wildman–Crippen LogP) is 5.31. The number of hydrogen-bond donors (Lipinski definition) is 1. The summed E-state index contributed by atoms with van der Waals surface area (Å²) in [6.45, 7) is 2.15. The number of unbranched alkanes of at least 4 members (excludes halogenated alkanes) is 1. The smallest absolute Gasteiger partial charge is 0.123 e. The number of rotatable bonds is 6. The summed E-state index contributed by atoms with van der Waals surface area (Å²) < 4.78 is 13.2. The fourth-order valence-corrected chi connectivity index (χ4v) is 2.84. The van der Waals surface area contributed by atoms with Crippen LogP contribution in [0.25, 0.3) is 5.57 Å². The number of H-pyrrole nitrogens is 1. The number of imidazole rings is 1. The maximum atomic E-state index is 13.2. The molecule has 0 fully saturated rings. The first-order chi connectivity index (χ1) is 11.7. The van der Waals surface area contributed by atoms with Crippen LogP contribution in [0.2, 0.25) is 0 Å². The van der Waals surface area contributed by atoms with Crippen LogP contribution in [0.4, 0.5) is 4.39 Å². The highest BCUT2D eigenvalue weighted by atomic mass is 19.1. The zero-order chi connectivity index (χ0) is 16.8. The first kappa shape index (κ1) is 16.2. The van der Waals surface area contributed by atoms with Crippen molar-refractivity contribution in [2.45, 2.75) is 26.2 Å². The lowest BCUT2D eigenvalue weighted by molar-refractivity contribution is 0.627. The number of nitrogens with zero attached hydrogens (tertiary/aromatic N) is 1. The Morgan fingerprint density at radius 1 is 1.12 bits per heavy atom. The first-order valence-corrected chi connectivity index (χ1v) is 8.24. The monoisotopic (exact) mass is 320 g/mol. The molecule has 3 heteroatoms. The van der Waals surface area contributed by atoms with Gasteiger partial charge in [-0.25, -0.2) is 9.37 Å². The molecule has 0 aliphatic rings. The average molecular weight is 320 g/mol. The van der Waals surface area contributed by atoms with Gasteiger partial charge in [0, 0.05) is 11.8 Å². The fraction of sp³-hybridized carbons (Fsp3) is 0.190. The second-order valence-corrected chi connectivity index (χ2v) is 5.90. The molecule has 0 bridgehead atoms. The van der Waals surface area contributed by atoms with Crippen molar-refractivity contribution in [2.75, 3.05) is 0 Å². The molecule has 0 spiro atoms. The number of benzene rings is 2. The van der Waals surface area contributed by atoms with E-state index in [2.05, 4.69) is 47.2 Å². The molecule has 24 heavy (non-hydrogen) atoms. The van der Waals surface area contributed by atoms with Crippen molar-refractivity contribution in [3.63, 3.8) is 0 Å². The molecule has 1 N–H and O–H groups in total. The van der Waals surface area contributed by atoms with E-state index in [4.69, 9.17) is 0 Å². The zero-order valence-corrected chi connectivity index (χ0v) is 13.8. The highest BCUT2D eigenvalue weighted by Crippen LogP contribution is 2.23. The quantitative estimate of drug-likeness (QED) is 0.612. The van der Waals surface area contributed by atoms with E-state index in [0.29, 0.717) is 0 Å². The van der Waals surface area contributed by atoms with Crippen LogP contribution in [0.15, 0.2) is 67.1 Å². The van der Waals surface area contributed by atoms with Crippen molar-refractivity contribution >= 4 is 5.57 Å². The molecular weight excluding hydrogens is 299 g/mol.